The lowest BCUT2D eigenvalue weighted by atomic mass is 9.78. The topological polar surface area (TPSA) is 73.9 Å². The first-order valence-electron chi connectivity index (χ1n) is 10.3. The summed E-state index contributed by atoms with van der Waals surface area (Å²) in [7, 11) is 1.64. The zero-order valence-electron chi connectivity index (χ0n) is 16.7. The lowest BCUT2D eigenvalue weighted by Gasteiger charge is -2.51. The summed E-state index contributed by atoms with van der Waals surface area (Å²) in [5, 5.41) is 5.26. The highest BCUT2D eigenvalue weighted by Crippen LogP contribution is 2.37. The Kier molecular flexibility index (Phi) is 5.55. The van der Waals surface area contributed by atoms with E-state index in [-0.39, 0.29) is 29.8 Å². The SMILES string of the molecule is CCN1C(=O)C2CCNN2C2CCC(C(=O)NCc3ccc(OC)cc3)CC21. The molecule has 4 atom stereocenters. The van der Waals surface area contributed by atoms with Gasteiger partial charge in [-0.15, -0.1) is 0 Å². The van der Waals surface area contributed by atoms with Crippen molar-refractivity contribution in [3.05, 3.63) is 29.8 Å². The largest absolute Gasteiger partial charge is 0.497 e. The fourth-order valence-electron chi connectivity index (χ4n) is 5.02. The van der Waals surface area contributed by atoms with E-state index in [4.69, 9.17) is 4.74 Å². The molecule has 0 radical (unpaired) electrons. The quantitative estimate of drug-likeness (QED) is 0.798. The first-order chi connectivity index (χ1) is 13.6. The van der Waals surface area contributed by atoms with Crippen molar-refractivity contribution in [3.8, 4) is 5.75 Å². The summed E-state index contributed by atoms with van der Waals surface area (Å²) in [6.45, 7) is 4.13. The van der Waals surface area contributed by atoms with Crippen LogP contribution in [-0.4, -0.2) is 60.0 Å². The van der Waals surface area contributed by atoms with Crippen molar-refractivity contribution in [1.29, 1.82) is 0 Å². The number of hydrogen-bond acceptors (Lipinski definition) is 5. The molecule has 0 aromatic heterocycles. The zero-order chi connectivity index (χ0) is 19.7. The summed E-state index contributed by atoms with van der Waals surface area (Å²) in [5.74, 6) is 1.08. The number of hydrogen-bond donors (Lipinski definition) is 2. The number of carbonyl (C=O) groups excluding carboxylic acids is 2. The van der Waals surface area contributed by atoms with Crippen molar-refractivity contribution < 1.29 is 14.3 Å². The Morgan fingerprint density at radius 2 is 2.00 bits per heavy atom. The summed E-state index contributed by atoms with van der Waals surface area (Å²) in [6, 6.07) is 8.14. The van der Waals surface area contributed by atoms with Gasteiger partial charge in [0.05, 0.1) is 7.11 Å². The molecule has 1 saturated carbocycles. The van der Waals surface area contributed by atoms with Crippen molar-refractivity contribution in [3.63, 3.8) is 0 Å². The van der Waals surface area contributed by atoms with Gasteiger partial charge in [-0.3, -0.25) is 15.0 Å². The lowest BCUT2D eigenvalue weighted by molar-refractivity contribution is -0.155. The Hall–Kier alpha value is -2.12. The van der Waals surface area contributed by atoms with E-state index < -0.39 is 0 Å². The first-order valence-corrected chi connectivity index (χ1v) is 10.3. The van der Waals surface area contributed by atoms with E-state index in [1.165, 1.54) is 0 Å². The number of nitrogens with one attached hydrogen (secondary N) is 2. The van der Waals surface area contributed by atoms with Gasteiger partial charge in [-0.25, -0.2) is 5.01 Å². The van der Waals surface area contributed by atoms with Crippen LogP contribution in [0.4, 0.5) is 0 Å². The van der Waals surface area contributed by atoms with E-state index in [1.807, 2.05) is 36.1 Å². The smallest absolute Gasteiger partial charge is 0.241 e. The number of piperazine rings is 1. The monoisotopic (exact) mass is 386 g/mol. The third kappa shape index (κ3) is 3.49. The second kappa shape index (κ2) is 8.09. The maximum atomic E-state index is 12.9. The number of methoxy groups -OCH3 is 1. The molecule has 0 bridgehead atoms. The van der Waals surface area contributed by atoms with Crippen molar-refractivity contribution >= 4 is 11.8 Å². The van der Waals surface area contributed by atoms with Crippen LogP contribution in [0.5, 0.6) is 5.75 Å². The molecule has 152 valence electrons. The molecule has 7 nitrogen and oxygen atoms in total. The summed E-state index contributed by atoms with van der Waals surface area (Å²) in [5.41, 5.74) is 4.46. The maximum Gasteiger partial charge on any atom is 0.241 e. The Labute approximate surface area is 166 Å². The molecule has 4 unspecified atom stereocenters. The first kappa shape index (κ1) is 19.2. The van der Waals surface area contributed by atoms with Gasteiger partial charge in [0.1, 0.15) is 11.8 Å². The number of likely N-dealkylation sites (N-methyl/N-ethyl adjacent to an activating group) is 1. The van der Waals surface area contributed by atoms with Crippen molar-refractivity contribution in [2.75, 3.05) is 20.2 Å². The number of nitrogens with zero attached hydrogens (tertiary/aromatic N) is 2. The maximum absolute atomic E-state index is 12.9. The predicted molar refractivity (Wildman–Crippen MR) is 105 cm³/mol. The van der Waals surface area contributed by atoms with Gasteiger partial charge >= 0.3 is 0 Å². The van der Waals surface area contributed by atoms with E-state index in [2.05, 4.69) is 15.8 Å². The van der Waals surface area contributed by atoms with Gasteiger partial charge in [0.2, 0.25) is 11.8 Å². The molecule has 1 aliphatic carbocycles. The molecule has 3 fully saturated rings. The molecule has 3 aliphatic rings. The Morgan fingerprint density at radius 3 is 2.71 bits per heavy atom. The molecule has 28 heavy (non-hydrogen) atoms. The molecule has 2 heterocycles. The second-order valence-electron chi connectivity index (χ2n) is 7.95. The number of rotatable bonds is 5. The van der Waals surface area contributed by atoms with E-state index in [0.29, 0.717) is 19.1 Å². The molecule has 1 aromatic carbocycles. The number of benzene rings is 1. The zero-order valence-corrected chi connectivity index (χ0v) is 16.7. The van der Waals surface area contributed by atoms with Gasteiger partial charge < -0.3 is 15.0 Å². The normalized spacial score (nSPS) is 29.9. The van der Waals surface area contributed by atoms with Crippen LogP contribution in [0.1, 0.15) is 38.2 Å². The number of ether oxygens (including phenoxy) is 1. The van der Waals surface area contributed by atoms with Crippen LogP contribution in [0.25, 0.3) is 0 Å². The summed E-state index contributed by atoms with van der Waals surface area (Å²) >= 11 is 0. The van der Waals surface area contributed by atoms with Crippen LogP contribution in [0.15, 0.2) is 24.3 Å². The molecular formula is C21H30N4O3. The van der Waals surface area contributed by atoms with Gasteiger partial charge in [-0.1, -0.05) is 12.1 Å². The van der Waals surface area contributed by atoms with E-state index in [1.54, 1.807) is 7.11 Å². The lowest BCUT2D eigenvalue weighted by Crippen LogP contribution is -2.68. The molecule has 0 spiro atoms. The Bertz CT molecular complexity index is 723. The van der Waals surface area contributed by atoms with Gasteiger partial charge in [-0.2, -0.15) is 0 Å². The van der Waals surface area contributed by atoms with E-state index in [9.17, 15) is 9.59 Å². The van der Waals surface area contributed by atoms with Crippen LogP contribution in [0, 0.1) is 5.92 Å². The molecule has 2 aliphatic heterocycles. The van der Waals surface area contributed by atoms with Gasteiger partial charge in [0, 0.05) is 37.6 Å². The summed E-state index contributed by atoms with van der Waals surface area (Å²) < 4.78 is 5.17. The van der Waals surface area contributed by atoms with Gasteiger partial charge in [0.15, 0.2) is 0 Å². The highest BCUT2D eigenvalue weighted by Gasteiger charge is 2.50. The van der Waals surface area contributed by atoms with E-state index in [0.717, 1.165) is 43.5 Å². The average molecular weight is 386 g/mol. The van der Waals surface area contributed by atoms with Crippen LogP contribution in [0.2, 0.25) is 0 Å². The van der Waals surface area contributed by atoms with Crippen LogP contribution in [0.3, 0.4) is 0 Å². The number of amides is 2. The third-order valence-electron chi connectivity index (χ3n) is 6.49. The molecular weight excluding hydrogens is 356 g/mol. The molecule has 1 aromatic rings. The minimum atomic E-state index is -0.0412. The van der Waals surface area contributed by atoms with Crippen LogP contribution >= 0.6 is 0 Å². The predicted octanol–water partition coefficient (Wildman–Crippen LogP) is 1.29. The fourth-order valence-corrected chi connectivity index (χ4v) is 5.02. The molecule has 7 heteroatoms. The fraction of sp³-hybridized carbons (Fsp3) is 0.619. The van der Waals surface area contributed by atoms with Crippen LogP contribution < -0.4 is 15.5 Å². The Morgan fingerprint density at radius 1 is 1.21 bits per heavy atom. The van der Waals surface area contributed by atoms with Crippen molar-refractivity contribution in [1.82, 2.24) is 20.7 Å². The molecule has 2 N–H and O–H groups in total. The highest BCUT2D eigenvalue weighted by molar-refractivity contribution is 5.84. The minimum Gasteiger partial charge on any atom is -0.497 e. The highest BCUT2D eigenvalue weighted by atomic mass is 16.5. The second-order valence-corrected chi connectivity index (χ2v) is 7.95. The standard InChI is InChI=1S/C21H30N4O3/c1-3-24-19-12-15(6-9-17(19)25-18(21(24)27)10-11-23-25)20(26)22-13-14-4-7-16(28-2)8-5-14/h4-5,7-8,15,17-19,23H,3,6,9-13H2,1-2H3,(H,22,26). The summed E-state index contributed by atoms with van der Waals surface area (Å²) in [4.78, 5) is 27.7. The molecule has 2 amide bonds. The summed E-state index contributed by atoms with van der Waals surface area (Å²) in [6.07, 6.45) is 3.43. The van der Waals surface area contributed by atoms with Gasteiger partial charge in [0.25, 0.3) is 0 Å². The number of fused-ring (bicyclic) bond motifs is 3. The average Bonchev–Trinajstić information content (AvgIpc) is 3.23. The minimum absolute atomic E-state index is 0.0263. The Balaban J connectivity index is 1.38. The third-order valence-corrected chi connectivity index (χ3v) is 6.49. The number of carbonyl (C=O) groups is 2. The number of hydrazine groups is 1. The molecule has 4 rings (SSSR count). The van der Waals surface area contributed by atoms with E-state index >= 15 is 0 Å². The van der Waals surface area contributed by atoms with Crippen LogP contribution in [-0.2, 0) is 16.1 Å². The van der Waals surface area contributed by atoms with Crippen molar-refractivity contribution in [2.45, 2.75) is 57.3 Å². The van der Waals surface area contributed by atoms with Gasteiger partial charge in [-0.05, 0) is 50.3 Å². The van der Waals surface area contributed by atoms with Crippen molar-refractivity contribution in [2.24, 2.45) is 5.92 Å². The molecule has 2 saturated heterocycles.